The number of carbonyl (C=O) groups is 1. The molecule has 0 aliphatic carbocycles. The quantitative estimate of drug-likeness (QED) is 0.729. The van der Waals surface area contributed by atoms with Gasteiger partial charge in [-0.15, -0.1) is 0 Å². The second-order valence-electron chi connectivity index (χ2n) is 7.08. The Balaban J connectivity index is 2.02. The highest BCUT2D eigenvalue weighted by Gasteiger charge is 2.21. The lowest BCUT2D eigenvalue weighted by Crippen LogP contribution is -2.42. The smallest absolute Gasteiger partial charge is 0.254 e. The molecule has 2 aromatic rings. The minimum absolute atomic E-state index is 0.116. The highest BCUT2D eigenvalue weighted by atomic mass is 16.2. The first-order chi connectivity index (χ1) is 11.4. The monoisotopic (exact) mass is 323 g/mol. The summed E-state index contributed by atoms with van der Waals surface area (Å²) in [5.41, 5.74) is 4.69. The molecular weight excluding hydrogens is 294 g/mol. The zero-order valence-electron chi connectivity index (χ0n) is 15.5. The fourth-order valence-electron chi connectivity index (χ4n) is 3.07. The number of nitrogens with zero attached hydrogens (tertiary/aromatic N) is 1. The minimum atomic E-state index is 0.116. The van der Waals surface area contributed by atoms with E-state index in [0.717, 1.165) is 18.4 Å². The number of amides is 1. The van der Waals surface area contributed by atoms with Crippen molar-refractivity contribution in [3.8, 4) is 0 Å². The molecule has 128 valence electrons. The highest BCUT2D eigenvalue weighted by Crippen LogP contribution is 2.15. The Bertz CT molecular complexity index is 645. The Kier molecular flexibility index (Phi) is 6.19. The first-order valence-corrected chi connectivity index (χ1v) is 8.85. The normalized spacial score (nSPS) is 11.1. The number of carbonyl (C=O) groups excluding carboxylic acids is 1. The van der Waals surface area contributed by atoms with E-state index >= 15 is 0 Å². The first-order valence-electron chi connectivity index (χ1n) is 8.85. The molecule has 1 amide bonds. The van der Waals surface area contributed by atoms with Crippen LogP contribution in [0.5, 0.6) is 0 Å². The van der Waals surface area contributed by atoms with Gasteiger partial charge in [-0.2, -0.15) is 0 Å². The highest BCUT2D eigenvalue weighted by molar-refractivity contribution is 5.94. The lowest BCUT2D eigenvalue weighted by Gasteiger charge is -2.30. The Morgan fingerprint density at radius 2 is 1.21 bits per heavy atom. The lowest BCUT2D eigenvalue weighted by atomic mass is 10.0. The lowest BCUT2D eigenvalue weighted by molar-refractivity contribution is 0.0643. The molecule has 0 heterocycles. The van der Waals surface area contributed by atoms with Crippen molar-refractivity contribution in [2.45, 2.75) is 59.5 Å². The second-order valence-corrected chi connectivity index (χ2v) is 7.08. The van der Waals surface area contributed by atoms with Crippen LogP contribution in [0, 0.1) is 6.92 Å². The first kappa shape index (κ1) is 18.3. The number of benzene rings is 2. The molecule has 0 aromatic heterocycles. The molecule has 2 aromatic carbocycles. The molecule has 2 heteroatoms. The Labute approximate surface area is 146 Å². The van der Waals surface area contributed by atoms with Gasteiger partial charge in [0.05, 0.1) is 0 Å². The van der Waals surface area contributed by atoms with Crippen molar-refractivity contribution in [1.82, 2.24) is 4.90 Å². The van der Waals surface area contributed by atoms with Crippen LogP contribution in [0.15, 0.2) is 48.5 Å². The van der Waals surface area contributed by atoms with Crippen LogP contribution in [0.1, 0.15) is 54.7 Å². The van der Waals surface area contributed by atoms with E-state index in [1.54, 1.807) is 0 Å². The standard InChI is InChI=1S/C22H29NO/c1-16(2)23(17(3)4)22(24)21-14-12-20(13-15-21)11-10-19-8-6-18(5)7-9-19/h6-9,12-17H,10-11H2,1-5H3. The number of hydrogen-bond acceptors (Lipinski definition) is 1. The Morgan fingerprint density at radius 3 is 1.62 bits per heavy atom. The third-order valence-corrected chi connectivity index (χ3v) is 4.37. The third kappa shape index (κ3) is 4.70. The third-order valence-electron chi connectivity index (χ3n) is 4.37. The molecule has 0 unspecified atom stereocenters. The van der Waals surface area contributed by atoms with Crippen LogP contribution in [0.4, 0.5) is 0 Å². The van der Waals surface area contributed by atoms with E-state index < -0.39 is 0 Å². The molecule has 0 fully saturated rings. The Hall–Kier alpha value is -2.09. The Morgan fingerprint density at radius 1 is 0.792 bits per heavy atom. The van der Waals surface area contributed by atoms with Crippen molar-refractivity contribution in [3.63, 3.8) is 0 Å². The van der Waals surface area contributed by atoms with E-state index in [4.69, 9.17) is 0 Å². The van der Waals surface area contributed by atoms with E-state index in [9.17, 15) is 4.79 Å². The van der Waals surface area contributed by atoms with Gasteiger partial charge >= 0.3 is 0 Å². The number of aryl methyl sites for hydroxylation is 3. The molecule has 2 nitrogen and oxygen atoms in total. The van der Waals surface area contributed by atoms with Gasteiger partial charge in [0.1, 0.15) is 0 Å². The molecule has 0 N–H and O–H groups in total. The van der Waals surface area contributed by atoms with Crippen LogP contribution in [-0.4, -0.2) is 22.9 Å². The molecule has 0 radical (unpaired) electrons. The van der Waals surface area contributed by atoms with Crippen LogP contribution in [0.2, 0.25) is 0 Å². The largest absolute Gasteiger partial charge is 0.334 e. The summed E-state index contributed by atoms with van der Waals surface area (Å²) in [6, 6.07) is 17.2. The fourth-order valence-corrected chi connectivity index (χ4v) is 3.07. The zero-order valence-corrected chi connectivity index (χ0v) is 15.5. The molecule has 0 aliphatic heterocycles. The van der Waals surface area contributed by atoms with Crippen molar-refractivity contribution in [2.24, 2.45) is 0 Å². The van der Waals surface area contributed by atoms with Crippen molar-refractivity contribution in [2.75, 3.05) is 0 Å². The fraction of sp³-hybridized carbons (Fsp3) is 0.409. The van der Waals surface area contributed by atoms with Crippen LogP contribution in [0.25, 0.3) is 0 Å². The molecule has 0 spiro atoms. The van der Waals surface area contributed by atoms with Gasteiger partial charge in [-0.25, -0.2) is 0 Å². The van der Waals surface area contributed by atoms with Gasteiger partial charge in [0.25, 0.3) is 5.91 Å². The second kappa shape index (κ2) is 8.14. The summed E-state index contributed by atoms with van der Waals surface area (Å²) in [4.78, 5) is 14.6. The van der Waals surface area contributed by atoms with Gasteiger partial charge in [-0.1, -0.05) is 42.0 Å². The molecule has 0 saturated heterocycles. The summed E-state index contributed by atoms with van der Waals surface area (Å²) in [5, 5.41) is 0. The predicted molar refractivity (Wildman–Crippen MR) is 101 cm³/mol. The molecule has 0 aliphatic rings. The minimum Gasteiger partial charge on any atom is -0.334 e. The molecule has 2 rings (SSSR count). The maximum absolute atomic E-state index is 12.7. The van der Waals surface area contributed by atoms with Gasteiger partial charge in [-0.05, 0) is 70.7 Å². The van der Waals surface area contributed by atoms with E-state index in [1.807, 2.05) is 17.0 Å². The van der Waals surface area contributed by atoms with Crippen molar-refractivity contribution in [3.05, 3.63) is 70.8 Å². The summed E-state index contributed by atoms with van der Waals surface area (Å²) in [5.74, 6) is 0.116. The summed E-state index contributed by atoms with van der Waals surface area (Å²) >= 11 is 0. The number of rotatable bonds is 6. The van der Waals surface area contributed by atoms with E-state index in [0.29, 0.717) is 0 Å². The van der Waals surface area contributed by atoms with Gasteiger partial charge in [0.2, 0.25) is 0 Å². The molecule has 0 saturated carbocycles. The van der Waals surface area contributed by atoms with E-state index in [2.05, 4.69) is 71.0 Å². The predicted octanol–water partition coefficient (Wildman–Crippen LogP) is 5.04. The molecule has 0 bridgehead atoms. The van der Waals surface area contributed by atoms with Crippen molar-refractivity contribution in [1.29, 1.82) is 0 Å². The summed E-state index contributed by atoms with van der Waals surface area (Å²) in [6.07, 6.45) is 2.02. The maximum atomic E-state index is 12.7. The van der Waals surface area contributed by atoms with Gasteiger partial charge in [-0.3, -0.25) is 4.79 Å². The van der Waals surface area contributed by atoms with Crippen LogP contribution >= 0.6 is 0 Å². The van der Waals surface area contributed by atoms with Crippen LogP contribution < -0.4 is 0 Å². The van der Waals surface area contributed by atoms with E-state index in [1.165, 1.54) is 16.7 Å². The van der Waals surface area contributed by atoms with Crippen LogP contribution in [0.3, 0.4) is 0 Å². The zero-order chi connectivity index (χ0) is 17.7. The number of hydrogen-bond donors (Lipinski definition) is 0. The maximum Gasteiger partial charge on any atom is 0.254 e. The summed E-state index contributed by atoms with van der Waals surface area (Å²) in [7, 11) is 0. The average molecular weight is 323 g/mol. The van der Waals surface area contributed by atoms with Crippen LogP contribution in [-0.2, 0) is 12.8 Å². The van der Waals surface area contributed by atoms with Crippen molar-refractivity contribution >= 4 is 5.91 Å². The SMILES string of the molecule is Cc1ccc(CCc2ccc(C(=O)N(C(C)C)C(C)C)cc2)cc1. The molecule has 24 heavy (non-hydrogen) atoms. The summed E-state index contributed by atoms with van der Waals surface area (Å²) < 4.78 is 0. The molecule has 0 atom stereocenters. The van der Waals surface area contributed by atoms with Gasteiger partial charge < -0.3 is 4.90 Å². The van der Waals surface area contributed by atoms with Gasteiger partial charge in [0.15, 0.2) is 0 Å². The van der Waals surface area contributed by atoms with Gasteiger partial charge in [0, 0.05) is 17.6 Å². The van der Waals surface area contributed by atoms with Crippen molar-refractivity contribution < 1.29 is 4.79 Å². The topological polar surface area (TPSA) is 20.3 Å². The molecular formula is C22H29NO. The van der Waals surface area contributed by atoms with E-state index in [-0.39, 0.29) is 18.0 Å². The summed E-state index contributed by atoms with van der Waals surface area (Å²) in [6.45, 7) is 10.4. The average Bonchev–Trinajstić information content (AvgIpc) is 2.54.